The number of rotatable bonds is 6. The first-order valence-electron chi connectivity index (χ1n) is 9.21. The molecule has 0 atom stereocenters. The van der Waals surface area contributed by atoms with Crippen LogP contribution in [-0.4, -0.2) is 35.7 Å². The van der Waals surface area contributed by atoms with E-state index in [0.717, 1.165) is 17.7 Å². The maximum absolute atomic E-state index is 13.4. The highest BCUT2D eigenvalue weighted by molar-refractivity contribution is 7.91. The van der Waals surface area contributed by atoms with Crippen molar-refractivity contribution in [2.45, 2.75) is 16.2 Å². The van der Waals surface area contributed by atoms with Crippen LogP contribution in [0.15, 0.2) is 76.8 Å². The minimum Gasteiger partial charge on any atom is -0.352 e. The van der Waals surface area contributed by atoms with Crippen molar-refractivity contribution in [3.05, 3.63) is 89.8 Å². The number of aromatic nitrogens is 3. The van der Waals surface area contributed by atoms with Crippen molar-refractivity contribution in [2.75, 3.05) is 6.54 Å². The largest absolute Gasteiger partial charge is 0.352 e. The summed E-state index contributed by atoms with van der Waals surface area (Å²) in [6.45, 7) is 0.324. The van der Waals surface area contributed by atoms with Gasteiger partial charge in [-0.2, -0.15) is 14.8 Å². The summed E-state index contributed by atoms with van der Waals surface area (Å²) >= 11 is 0. The number of hydrogen-bond donors (Lipinski definition) is 1. The number of hydrogen-bond acceptors (Lipinski definition) is 5. The Morgan fingerprint density at radius 3 is 2.35 bits per heavy atom. The molecule has 0 spiro atoms. The Morgan fingerprint density at radius 1 is 0.935 bits per heavy atom. The number of fused-ring (bicyclic) bond motifs is 1. The fraction of sp³-hybridized carbons (Fsp3) is 0.0952. The van der Waals surface area contributed by atoms with Crippen LogP contribution >= 0.6 is 0 Å². The summed E-state index contributed by atoms with van der Waals surface area (Å²) in [5.74, 6) is -2.22. The van der Waals surface area contributed by atoms with Crippen molar-refractivity contribution >= 4 is 21.3 Å². The summed E-state index contributed by atoms with van der Waals surface area (Å²) in [5, 5.41) is 10.8. The molecule has 0 aliphatic carbocycles. The summed E-state index contributed by atoms with van der Waals surface area (Å²) in [5.41, 5.74) is 1.88. The van der Waals surface area contributed by atoms with Crippen LogP contribution in [0.5, 0.6) is 0 Å². The zero-order valence-electron chi connectivity index (χ0n) is 16.0. The highest BCUT2D eigenvalue weighted by Crippen LogP contribution is 2.23. The van der Waals surface area contributed by atoms with E-state index in [1.165, 1.54) is 23.0 Å². The molecule has 0 radical (unpaired) electrons. The number of nitrogens with one attached hydrogen (secondary N) is 1. The van der Waals surface area contributed by atoms with E-state index in [4.69, 9.17) is 0 Å². The SMILES string of the molecule is O=C(NCCc1ccc(S(=O)(=O)c2cc(F)cc(F)c2)cc1)c1cnn2nccc2c1. The van der Waals surface area contributed by atoms with Crippen LogP contribution in [0.25, 0.3) is 5.52 Å². The monoisotopic (exact) mass is 442 g/mol. The quantitative estimate of drug-likeness (QED) is 0.496. The molecule has 0 fully saturated rings. The Balaban J connectivity index is 1.39. The number of amides is 1. The summed E-state index contributed by atoms with van der Waals surface area (Å²) in [6, 6.07) is 11.5. The van der Waals surface area contributed by atoms with E-state index in [9.17, 15) is 22.0 Å². The number of nitrogens with zero attached hydrogens (tertiary/aromatic N) is 3. The van der Waals surface area contributed by atoms with Gasteiger partial charge in [-0.3, -0.25) is 4.79 Å². The number of benzene rings is 2. The van der Waals surface area contributed by atoms with Crippen molar-refractivity contribution in [3.8, 4) is 0 Å². The van der Waals surface area contributed by atoms with Crippen LogP contribution < -0.4 is 5.32 Å². The van der Waals surface area contributed by atoms with Crippen molar-refractivity contribution in [2.24, 2.45) is 0 Å². The first-order valence-corrected chi connectivity index (χ1v) is 10.7. The lowest BCUT2D eigenvalue weighted by atomic mass is 10.1. The molecule has 0 saturated heterocycles. The molecule has 1 N–H and O–H groups in total. The maximum Gasteiger partial charge on any atom is 0.253 e. The molecular weight excluding hydrogens is 426 g/mol. The van der Waals surface area contributed by atoms with E-state index in [2.05, 4.69) is 15.5 Å². The highest BCUT2D eigenvalue weighted by Gasteiger charge is 2.19. The second kappa shape index (κ2) is 8.23. The molecule has 4 aromatic rings. The van der Waals surface area contributed by atoms with Gasteiger partial charge in [0, 0.05) is 12.6 Å². The van der Waals surface area contributed by atoms with E-state index in [1.54, 1.807) is 30.5 Å². The number of sulfone groups is 1. The minimum absolute atomic E-state index is 0.0783. The fourth-order valence-electron chi connectivity index (χ4n) is 3.02. The van der Waals surface area contributed by atoms with E-state index < -0.39 is 26.4 Å². The van der Waals surface area contributed by atoms with Gasteiger partial charge in [-0.05, 0) is 48.4 Å². The number of carbonyl (C=O) groups excluding carboxylic acids is 1. The number of halogens is 2. The van der Waals surface area contributed by atoms with Crippen LogP contribution in [-0.2, 0) is 16.3 Å². The second-order valence-corrected chi connectivity index (χ2v) is 8.70. The van der Waals surface area contributed by atoms with Crippen LogP contribution in [0.4, 0.5) is 8.78 Å². The van der Waals surface area contributed by atoms with E-state index in [1.807, 2.05) is 0 Å². The molecule has 0 saturated carbocycles. The van der Waals surface area contributed by atoms with Crippen LogP contribution in [0.1, 0.15) is 15.9 Å². The molecular formula is C21H16F2N4O3S. The van der Waals surface area contributed by atoms with Crippen LogP contribution in [0.2, 0.25) is 0 Å². The van der Waals surface area contributed by atoms with Crippen molar-refractivity contribution in [1.29, 1.82) is 0 Å². The minimum atomic E-state index is -4.05. The summed E-state index contributed by atoms with van der Waals surface area (Å²) in [4.78, 5) is 11.7. The second-order valence-electron chi connectivity index (χ2n) is 6.75. The predicted octanol–water partition coefficient (Wildman–Crippen LogP) is 2.81. The van der Waals surface area contributed by atoms with Crippen molar-refractivity contribution < 1.29 is 22.0 Å². The van der Waals surface area contributed by atoms with Gasteiger partial charge in [0.2, 0.25) is 9.84 Å². The Kier molecular flexibility index (Phi) is 5.47. The lowest BCUT2D eigenvalue weighted by Crippen LogP contribution is -2.26. The Labute approximate surface area is 176 Å². The molecule has 2 aromatic heterocycles. The van der Waals surface area contributed by atoms with Gasteiger partial charge in [0.05, 0.1) is 33.3 Å². The van der Waals surface area contributed by atoms with Gasteiger partial charge in [-0.15, -0.1) is 0 Å². The van der Waals surface area contributed by atoms with Crippen molar-refractivity contribution in [1.82, 2.24) is 20.1 Å². The topological polar surface area (TPSA) is 93.4 Å². The van der Waals surface area contributed by atoms with Gasteiger partial charge >= 0.3 is 0 Å². The molecule has 2 aromatic carbocycles. The standard InChI is InChI=1S/C21H16F2N4O3S/c22-16-10-17(23)12-20(11-16)31(29,30)19-3-1-14(2-4-19)5-7-24-21(28)15-9-18-6-8-25-27(18)26-13-15/h1-4,6,8-13H,5,7H2,(H,24,28). The molecule has 1 amide bonds. The molecule has 7 nitrogen and oxygen atoms in total. The van der Waals surface area contributed by atoms with Gasteiger partial charge in [0.1, 0.15) is 11.6 Å². The highest BCUT2D eigenvalue weighted by atomic mass is 32.2. The summed E-state index contributed by atoms with van der Waals surface area (Å²) in [7, 11) is -4.05. The molecule has 0 aliphatic rings. The summed E-state index contributed by atoms with van der Waals surface area (Å²) in [6.07, 6.45) is 3.46. The smallest absolute Gasteiger partial charge is 0.253 e. The molecule has 2 heterocycles. The van der Waals surface area contributed by atoms with Crippen LogP contribution in [0.3, 0.4) is 0 Å². The first kappa shape index (κ1) is 20.6. The first-order chi connectivity index (χ1) is 14.8. The third-order valence-corrected chi connectivity index (χ3v) is 6.35. The zero-order chi connectivity index (χ0) is 22.0. The normalized spacial score (nSPS) is 11.5. The lowest BCUT2D eigenvalue weighted by Gasteiger charge is -2.08. The van der Waals surface area contributed by atoms with Gasteiger partial charge < -0.3 is 5.32 Å². The lowest BCUT2D eigenvalue weighted by molar-refractivity contribution is 0.0953. The Hall–Kier alpha value is -3.66. The average molecular weight is 442 g/mol. The Morgan fingerprint density at radius 2 is 1.65 bits per heavy atom. The zero-order valence-corrected chi connectivity index (χ0v) is 16.8. The van der Waals surface area contributed by atoms with E-state index in [-0.39, 0.29) is 10.8 Å². The predicted molar refractivity (Wildman–Crippen MR) is 107 cm³/mol. The molecule has 0 unspecified atom stereocenters. The molecule has 0 bridgehead atoms. The fourth-order valence-corrected chi connectivity index (χ4v) is 4.33. The molecule has 0 aliphatic heterocycles. The van der Waals surface area contributed by atoms with Crippen molar-refractivity contribution in [3.63, 3.8) is 0 Å². The molecule has 158 valence electrons. The molecule has 4 rings (SSSR count). The van der Waals surface area contributed by atoms with Gasteiger partial charge in [-0.1, -0.05) is 12.1 Å². The van der Waals surface area contributed by atoms with Gasteiger partial charge in [0.25, 0.3) is 5.91 Å². The van der Waals surface area contributed by atoms with Gasteiger partial charge in [0.15, 0.2) is 0 Å². The van der Waals surface area contributed by atoms with Crippen LogP contribution in [0, 0.1) is 11.6 Å². The Bertz CT molecular complexity index is 1350. The van der Waals surface area contributed by atoms with E-state index in [0.29, 0.717) is 30.1 Å². The molecule has 10 heteroatoms. The number of carbonyl (C=O) groups is 1. The third-order valence-electron chi connectivity index (χ3n) is 4.60. The molecule has 31 heavy (non-hydrogen) atoms. The average Bonchev–Trinajstić information content (AvgIpc) is 3.21. The maximum atomic E-state index is 13.4. The summed E-state index contributed by atoms with van der Waals surface area (Å²) < 4.78 is 53.3. The van der Waals surface area contributed by atoms with Gasteiger partial charge in [-0.25, -0.2) is 17.2 Å². The van der Waals surface area contributed by atoms with E-state index >= 15 is 0 Å². The third kappa shape index (κ3) is 4.43.